The van der Waals surface area contributed by atoms with Crippen molar-refractivity contribution in [3.05, 3.63) is 35.4 Å². The van der Waals surface area contributed by atoms with E-state index >= 15 is 0 Å². The maximum Gasteiger partial charge on any atom is -0.00676 e. The minimum absolute atomic E-state index is 0.942. The van der Waals surface area contributed by atoms with Crippen molar-refractivity contribution in [1.82, 2.24) is 0 Å². The summed E-state index contributed by atoms with van der Waals surface area (Å²) in [5.74, 6) is 2.27. The summed E-state index contributed by atoms with van der Waals surface area (Å²) in [6.07, 6.45) is 7.62. The Bertz CT molecular complexity index is 293. The average Bonchev–Trinajstić information content (AvgIpc) is 2.26. The van der Waals surface area contributed by atoms with Gasteiger partial charge in [-0.25, -0.2) is 0 Å². The third-order valence-electron chi connectivity index (χ3n) is 3.18. The van der Waals surface area contributed by atoms with Gasteiger partial charge < -0.3 is 0 Å². The molecule has 1 atom stereocenters. The largest absolute Gasteiger partial charge is 0.165 e. The molecule has 14 heavy (non-hydrogen) atoms. The van der Waals surface area contributed by atoms with E-state index in [1.807, 2.05) is 11.8 Å². The van der Waals surface area contributed by atoms with Crippen LogP contribution in [0, 0.1) is 5.92 Å². The fourth-order valence-corrected chi connectivity index (χ4v) is 2.87. The molecule has 0 saturated heterocycles. The number of aryl methyl sites for hydroxylation is 1. The summed E-state index contributed by atoms with van der Waals surface area (Å²) in [6.45, 7) is 0. The normalized spacial score (nSPS) is 20.5. The van der Waals surface area contributed by atoms with Crippen molar-refractivity contribution < 1.29 is 0 Å². The van der Waals surface area contributed by atoms with E-state index in [1.165, 1.54) is 31.4 Å². The Morgan fingerprint density at radius 1 is 1.29 bits per heavy atom. The van der Waals surface area contributed by atoms with Crippen molar-refractivity contribution in [2.45, 2.75) is 25.7 Å². The van der Waals surface area contributed by atoms with Crippen LogP contribution in [0.15, 0.2) is 24.3 Å². The van der Waals surface area contributed by atoms with Crippen molar-refractivity contribution in [3.8, 4) is 0 Å². The smallest absolute Gasteiger partial charge is 0.00676 e. The summed E-state index contributed by atoms with van der Waals surface area (Å²) in [7, 11) is 0. The number of benzene rings is 1. The molecule has 0 spiro atoms. The van der Waals surface area contributed by atoms with E-state index in [2.05, 4.69) is 30.5 Å². The van der Waals surface area contributed by atoms with Gasteiger partial charge in [-0.15, -0.1) is 0 Å². The molecule has 1 aliphatic rings. The predicted molar refractivity (Wildman–Crippen MR) is 65.0 cm³/mol. The van der Waals surface area contributed by atoms with Crippen LogP contribution in [-0.4, -0.2) is 12.0 Å². The van der Waals surface area contributed by atoms with Crippen LogP contribution in [-0.2, 0) is 12.8 Å². The Morgan fingerprint density at radius 3 is 2.86 bits per heavy atom. The second-order valence-corrected chi connectivity index (χ2v) is 5.14. The first-order valence-electron chi connectivity index (χ1n) is 5.46. The third-order valence-corrected chi connectivity index (χ3v) is 3.82. The van der Waals surface area contributed by atoms with Gasteiger partial charge in [-0.1, -0.05) is 24.3 Å². The Balaban J connectivity index is 1.99. The van der Waals surface area contributed by atoms with Gasteiger partial charge in [-0.3, -0.25) is 0 Å². The molecule has 1 aliphatic carbocycles. The molecule has 0 amide bonds. The Labute approximate surface area is 91.1 Å². The summed E-state index contributed by atoms with van der Waals surface area (Å²) < 4.78 is 0. The van der Waals surface area contributed by atoms with Crippen LogP contribution < -0.4 is 0 Å². The molecule has 0 fully saturated rings. The fraction of sp³-hybridized carbons (Fsp3) is 0.538. The molecule has 0 nitrogen and oxygen atoms in total. The lowest BCUT2D eigenvalue weighted by Gasteiger charge is -2.24. The molecule has 1 aromatic carbocycles. The number of hydrogen-bond donors (Lipinski definition) is 0. The van der Waals surface area contributed by atoms with Gasteiger partial charge in [0.15, 0.2) is 0 Å². The molecule has 76 valence electrons. The lowest BCUT2D eigenvalue weighted by Crippen LogP contribution is -2.14. The van der Waals surface area contributed by atoms with E-state index < -0.39 is 0 Å². The summed E-state index contributed by atoms with van der Waals surface area (Å²) in [4.78, 5) is 0. The number of hydrogen-bond acceptors (Lipinski definition) is 1. The molecular weight excluding hydrogens is 188 g/mol. The van der Waals surface area contributed by atoms with Gasteiger partial charge in [-0.2, -0.15) is 11.8 Å². The quantitative estimate of drug-likeness (QED) is 0.729. The molecule has 0 aromatic heterocycles. The van der Waals surface area contributed by atoms with E-state index in [9.17, 15) is 0 Å². The summed E-state index contributed by atoms with van der Waals surface area (Å²) in [5, 5.41) is 0. The molecule has 0 aliphatic heterocycles. The second-order valence-electron chi connectivity index (χ2n) is 4.16. The highest BCUT2D eigenvalue weighted by atomic mass is 32.2. The lowest BCUT2D eigenvalue weighted by atomic mass is 9.83. The molecule has 0 radical (unpaired) electrons. The first-order valence-corrected chi connectivity index (χ1v) is 6.85. The molecule has 2 rings (SSSR count). The van der Waals surface area contributed by atoms with Crippen LogP contribution in [0.1, 0.15) is 24.0 Å². The molecule has 0 heterocycles. The number of fused-ring (bicyclic) bond motifs is 1. The third kappa shape index (κ3) is 2.33. The first kappa shape index (κ1) is 10.1. The second kappa shape index (κ2) is 4.88. The standard InChI is InChI=1S/C13H18S/c1-14-9-8-11-6-7-12-4-2-3-5-13(12)10-11/h2-5,11H,6-10H2,1H3. The monoisotopic (exact) mass is 206 g/mol. The van der Waals surface area contributed by atoms with Crippen LogP contribution in [0.5, 0.6) is 0 Å². The zero-order valence-electron chi connectivity index (χ0n) is 8.83. The van der Waals surface area contributed by atoms with Crippen molar-refractivity contribution in [2.24, 2.45) is 5.92 Å². The number of thioether (sulfide) groups is 1. The molecule has 1 aromatic rings. The number of rotatable bonds is 3. The highest BCUT2D eigenvalue weighted by Crippen LogP contribution is 2.27. The van der Waals surface area contributed by atoms with Crippen LogP contribution in [0.25, 0.3) is 0 Å². The van der Waals surface area contributed by atoms with Gasteiger partial charge in [0.05, 0.1) is 0 Å². The van der Waals surface area contributed by atoms with Crippen LogP contribution in [0.3, 0.4) is 0 Å². The minimum Gasteiger partial charge on any atom is -0.165 e. The zero-order chi connectivity index (χ0) is 9.80. The predicted octanol–water partition coefficient (Wildman–Crippen LogP) is 3.54. The van der Waals surface area contributed by atoms with E-state index in [4.69, 9.17) is 0 Å². The highest BCUT2D eigenvalue weighted by Gasteiger charge is 2.17. The Kier molecular flexibility index (Phi) is 3.52. The molecule has 0 bridgehead atoms. The van der Waals surface area contributed by atoms with Crippen molar-refractivity contribution in [3.63, 3.8) is 0 Å². The van der Waals surface area contributed by atoms with E-state index in [0.29, 0.717) is 0 Å². The van der Waals surface area contributed by atoms with Crippen molar-refractivity contribution in [1.29, 1.82) is 0 Å². The Morgan fingerprint density at radius 2 is 2.07 bits per heavy atom. The maximum atomic E-state index is 2.31. The average molecular weight is 206 g/mol. The lowest BCUT2D eigenvalue weighted by molar-refractivity contribution is 0.448. The minimum atomic E-state index is 0.942. The first-order chi connectivity index (χ1) is 6.90. The molecular formula is C13H18S. The highest BCUT2D eigenvalue weighted by molar-refractivity contribution is 7.98. The van der Waals surface area contributed by atoms with Gasteiger partial charge >= 0.3 is 0 Å². The molecule has 0 saturated carbocycles. The summed E-state index contributed by atoms with van der Waals surface area (Å²) in [6, 6.07) is 8.94. The molecule has 1 unspecified atom stereocenters. The molecule has 0 N–H and O–H groups in total. The van der Waals surface area contributed by atoms with E-state index in [-0.39, 0.29) is 0 Å². The van der Waals surface area contributed by atoms with Gasteiger partial charge in [0.1, 0.15) is 0 Å². The van der Waals surface area contributed by atoms with Gasteiger partial charge in [0, 0.05) is 0 Å². The maximum absolute atomic E-state index is 2.31. The van der Waals surface area contributed by atoms with Crippen LogP contribution >= 0.6 is 11.8 Å². The SMILES string of the molecule is CSCCC1CCc2ccccc2C1. The van der Waals surface area contributed by atoms with Gasteiger partial charge in [0.2, 0.25) is 0 Å². The van der Waals surface area contributed by atoms with Crippen molar-refractivity contribution in [2.75, 3.05) is 12.0 Å². The van der Waals surface area contributed by atoms with Gasteiger partial charge in [0.25, 0.3) is 0 Å². The molecule has 1 heteroatoms. The summed E-state index contributed by atoms with van der Waals surface area (Å²) >= 11 is 1.98. The van der Waals surface area contributed by atoms with Crippen molar-refractivity contribution >= 4 is 11.8 Å². The van der Waals surface area contributed by atoms with E-state index in [1.54, 1.807) is 11.1 Å². The summed E-state index contributed by atoms with van der Waals surface area (Å²) in [5.41, 5.74) is 3.19. The zero-order valence-corrected chi connectivity index (χ0v) is 9.65. The van der Waals surface area contributed by atoms with Crippen LogP contribution in [0.4, 0.5) is 0 Å². The Hall–Kier alpha value is -0.430. The fourth-order valence-electron chi connectivity index (χ4n) is 2.30. The van der Waals surface area contributed by atoms with E-state index in [0.717, 1.165) is 5.92 Å². The topological polar surface area (TPSA) is 0 Å². The van der Waals surface area contributed by atoms with Crippen LogP contribution in [0.2, 0.25) is 0 Å². The van der Waals surface area contributed by atoms with Gasteiger partial charge in [-0.05, 0) is 54.7 Å².